The Kier molecular flexibility index (Phi) is 7.66. The molecule has 1 aromatic carbocycles. The van der Waals surface area contributed by atoms with E-state index in [4.69, 9.17) is 0 Å². The van der Waals surface area contributed by atoms with Crippen LogP contribution in [0, 0.1) is 5.82 Å². The summed E-state index contributed by atoms with van der Waals surface area (Å²) in [6, 6.07) is 5.14. The molecule has 3 amide bonds. The fourth-order valence-electron chi connectivity index (χ4n) is 2.82. The van der Waals surface area contributed by atoms with Crippen LogP contribution in [-0.4, -0.2) is 37.1 Å². The zero-order valence-electron chi connectivity index (χ0n) is 14.6. The van der Waals surface area contributed by atoms with Crippen molar-refractivity contribution in [3.8, 4) is 0 Å². The fraction of sp³-hybridized carbons (Fsp3) is 0.556. The van der Waals surface area contributed by atoms with E-state index in [9.17, 15) is 14.0 Å². The number of hydrogen-bond donors (Lipinski definition) is 4. The van der Waals surface area contributed by atoms with Crippen LogP contribution in [-0.2, 0) is 11.3 Å². The minimum atomic E-state index is -0.548. The molecule has 1 fully saturated rings. The number of piperidine rings is 1. The first kappa shape index (κ1) is 19.2. The lowest BCUT2D eigenvalue weighted by Crippen LogP contribution is -2.53. The number of amides is 3. The van der Waals surface area contributed by atoms with Crippen molar-refractivity contribution in [2.45, 2.75) is 51.2 Å². The molecule has 1 saturated heterocycles. The van der Waals surface area contributed by atoms with Gasteiger partial charge in [0.2, 0.25) is 5.91 Å². The standard InChI is InChI=1S/C18H27FN4O2/c1-2-3-16(17(24)22-15-8-10-20-11-9-15)23-18(25)21-12-13-4-6-14(19)7-5-13/h4-7,15-16,20H,2-3,8-12H2,1H3,(H,22,24)(H2,21,23,25). The van der Waals surface area contributed by atoms with Gasteiger partial charge in [0.1, 0.15) is 11.9 Å². The fourth-order valence-corrected chi connectivity index (χ4v) is 2.82. The second-order valence-corrected chi connectivity index (χ2v) is 6.33. The van der Waals surface area contributed by atoms with Gasteiger partial charge in [-0.05, 0) is 50.0 Å². The average Bonchev–Trinajstić information content (AvgIpc) is 2.62. The maximum absolute atomic E-state index is 12.9. The lowest BCUT2D eigenvalue weighted by atomic mass is 10.1. The van der Waals surface area contributed by atoms with Gasteiger partial charge in [-0.3, -0.25) is 4.79 Å². The third kappa shape index (κ3) is 6.70. The van der Waals surface area contributed by atoms with E-state index in [-0.39, 0.29) is 24.3 Å². The number of hydrogen-bond acceptors (Lipinski definition) is 3. The highest BCUT2D eigenvalue weighted by Gasteiger charge is 2.23. The van der Waals surface area contributed by atoms with E-state index in [1.807, 2.05) is 6.92 Å². The van der Waals surface area contributed by atoms with Crippen LogP contribution in [0.15, 0.2) is 24.3 Å². The van der Waals surface area contributed by atoms with E-state index in [2.05, 4.69) is 21.3 Å². The topological polar surface area (TPSA) is 82.3 Å². The maximum atomic E-state index is 12.9. The summed E-state index contributed by atoms with van der Waals surface area (Å²) in [4.78, 5) is 24.5. The van der Waals surface area contributed by atoms with Crippen LogP contribution in [0.4, 0.5) is 9.18 Å². The molecule has 0 spiro atoms. The molecule has 0 saturated carbocycles. The molecular weight excluding hydrogens is 323 g/mol. The Balaban J connectivity index is 1.80. The molecule has 1 aromatic rings. The van der Waals surface area contributed by atoms with Gasteiger partial charge in [-0.15, -0.1) is 0 Å². The second kappa shape index (κ2) is 9.98. The van der Waals surface area contributed by atoms with Gasteiger partial charge in [-0.25, -0.2) is 9.18 Å². The van der Waals surface area contributed by atoms with Crippen LogP contribution in [0.3, 0.4) is 0 Å². The van der Waals surface area contributed by atoms with E-state index in [1.54, 1.807) is 12.1 Å². The number of carbonyl (C=O) groups excluding carboxylic acids is 2. The summed E-state index contributed by atoms with van der Waals surface area (Å²) >= 11 is 0. The molecule has 4 N–H and O–H groups in total. The summed E-state index contributed by atoms with van der Waals surface area (Å²) in [6.07, 6.45) is 3.19. The number of nitrogens with one attached hydrogen (secondary N) is 4. The Bertz CT molecular complexity index is 559. The molecule has 25 heavy (non-hydrogen) atoms. The largest absolute Gasteiger partial charge is 0.351 e. The Labute approximate surface area is 147 Å². The predicted octanol–water partition coefficient (Wildman–Crippen LogP) is 1.66. The van der Waals surface area contributed by atoms with Crippen LogP contribution in [0.1, 0.15) is 38.2 Å². The quantitative estimate of drug-likeness (QED) is 0.604. The van der Waals surface area contributed by atoms with E-state index >= 15 is 0 Å². The zero-order valence-corrected chi connectivity index (χ0v) is 14.6. The van der Waals surface area contributed by atoms with Crippen molar-refractivity contribution in [3.05, 3.63) is 35.6 Å². The average molecular weight is 350 g/mol. The molecule has 1 aliphatic rings. The van der Waals surface area contributed by atoms with Crippen molar-refractivity contribution in [1.82, 2.24) is 21.3 Å². The SMILES string of the molecule is CCCC(NC(=O)NCc1ccc(F)cc1)C(=O)NC1CCNCC1. The summed E-state index contributed by atoms with van der Waals surface area (Å²) in [5, 5.41) is 11.7. The highest BCUT2D eigenvalue weighted by atomic mass is 19.1. The van der Waals surface area contributed by atoms with Crippen LogP contribution < -0.4 is 21.3 Å². The Morgan fingerprint density at radius 2 is 1.92 bits per heavy atom. The summed E-state index contributed by atoms with van der Waals surface area (Å²) in [6.45, 7) is 4.05. The van der Waals surface area contributed by atoms with Crippen molar-refractivity contribution < 1.29 is 14.0 Å². The number of halogens is 1. The van der Waals surface area contributed by atoms with Crippen molar-refractivity contribution in [1.29, 1.82) is 0 Å². The minimum absolute atomic E-state index is 0.134. The number of carbonyl (C=O) groups is 2. The number of benzene rings is 1. The summed E-state index contributed by atoms with van der Waals surface area (Å²) in [7, 11) is 0. The van der Waals surface area contributed by atoms with E-state index in [0.29, 0.717) is 6.42 Å². The predicted molar refractivity (Wildman–Crippen MR) is 94.5 cm³/mol. The van der Waals surface area contributed by atoms with Gasteiger partial charge >= 0.3 is 6.03 Å². The van der Waals surface area contributed by atoms with Gasteiger partial charge in [-0.1, -0.05) is 25.5 Å². The molecule has 1 aliphatic heterocycles. The van der Waals surface area contributed by atoms with Crippen LogP contribution in [0.5, 0.6) is 0 Å². The monoisotopic (exact) mass is 350 g/mol. The molecule has 1 atom stereocenters. The van der Waals surface area contributed by atoms with E-state index in [1.165, 1.54) is 12.1 Å². The first-order valence-corrected chi connectivity index (χ1v) is 8.88. The Hall–Kier alpha value is -2.15. The third-order valence-corrected chi connectivity index (χ3v) is 4.25. The van der Waals surface area contributed by atoms with Gasteiger partial charge in [0.25, 0.3) is 0 Å². The molecule has 0 bridgehead atoms. The van der Waals surface area contributed by atoms with Crippen LogP contribution in [0.2, 0.25) is 0 Å². The van der Waals surface area contributed by atoms with Crippen molar-refractivity contribution in [2.24, 2.45) is 0 Å². The van der Waals surface area contributed by atoms with Gasteiger partial charge in [0.15, 0.2) is 0 Å². The molecule has 1 heterocycles. The molecule has 0 radical (unpaired) electrons. The first-order valence-electron chi connectivity index (χ1n) is 8.88. The third-order valence-electron chi connectivity index (χ3n) is 4.25. The molecule has 2 rings (SSSR count). The molecule has 1 unspecified atom stereocenters. The molecule has 138 valence electrons. The lowest BCUT2D eigenvalue weighted by molar-refractivity contribution is -0.124. The number of rotatable bonds is 7. The normalized spacial score (nSPS) is 16.1. The van der Waals surface area contributed by atoms with Gasteiger partial charge in [-0.2, -0.15) is 0 Å². The van der Waals surface area contributed by atoms with Gasteiger partial charge < -0.3 is 21.3 Å². The van der Waals surface area contributed by atoms with Gasteiger partial charge in [0, 0.05) is 12.6 Å². The zero-order chi connectivity index (χ0) is 18.1. The smallest absolute Gasteiger partial charge is 0.315 e. The second-order valence-electron chi connectivity index (χ2n) is 6.33. The highest BCUT2D eigenvalue weighted by molar-refractivity contribution is 5.87. The van der Waals surface area contributed by atoms with E-state index in [0.717, 1.165) is 37.9 Å². The summed E-state index contributed by atoms with van der Waals surface area (Å²) < 4.78 is 12.9. The first-order chi connectivity index (χ1) is 12.1. The summed E-state index contributed by atoms with van der Waals surface area (Å²) in [5.41, 5.74) is 0.794. The Morgan fingerprint density at radius 3 is 2.56 bits per heavy atom. The molecule has 7 heteroatoms. The van der Waals surface area contributed by atoms with E-state index < -0.39 is 12.1 Å². The van der Waals surface area contributed by atoms with Crippen molar-refractivity contribution >= 4 is 11.9 Å². The highest BCUT2D eigenvalue weighted by Crippen LogP contribution is 2.05. The molecule has 0 aromatic heterocycles. The van der Waals surface area contributed by atoms with Crippen molar-refractivity contribution in [2.75, 3.05) is 13.1 Å². The molecule has 0 aliphatic carbocycles. The van der Waals surface area contributed by atoms with Gasteiger partial charge in [0.05, 0.1) is 0 Å². The molecular formula is C18H27FN4O2. The number of urea groups is 1. The Morgan fingerprint density at radius 1 is 1.24 bits per heavy atom. The summed E-state index contributed by atoms with van der Waals surface area (Å²) in [5.74, 6) is -0.448. The maximum Gasteiger partial charge on any atom is 0.315 e. The molecule has 6 nitrogen and oxygen atoms in total. The van der Waals surface area contributed by atoms with Crippen LogP contribution >= 0.6 is 0 Å². The van der Waals surface area contributed by atoms with Crippen LogP contribution in [0.25, 0.3) is 0 Å². The van der Waals surface area contributed by atoms with Crippen molar-refractivity contribution in [3.63, 3.8) is 0 Å². The lowest BCUT2D eigenvalue weighted by Gasteiger charge is -2.26. The minimum Gasteiger partial charge on any atom is -0.351 e.